The summed E-state index contributed by atoms with van der Waals surface area (Å²) in [6.45, 7) is -0.350. The average molecular weight is 466 g/mol. The number of carboxylic acids is 1. The summed E-state index contributed by atoms with van der Waals surface area (Å²) >= 11 is 0. The zero-order chi connectivity index (χ0) is 23.5. The van der Waals surface area contributed by atoms with Crippen LogP contribution in [0.3, 0.4) is 0 Å². The smallest absolute Gasteiger partial charge is 0.339 e. The van der Waals surface area contributed by atoms with Crippen LogP contribution in [0.4, 0.5) is 9.18 Å². The summed E-state index contributed by atoms with van der Waals surface area (Å²) in [6, 6.07) is 10.4. The van der Waals surface area contributed by atoms with E-state index in [1.165, 1.54) is 36.4 Å². The maximum Gasteiger partial charge on any atom is 0.339 e. The van der Waals surface area contributed by atoms with Crippen molar-refractivity contribution in [1.29, 1.82) is 0 Å². The number of aliphatic carboxylic acids is 1. The molecule has 1 heterocycles. The standard InChI is InChI=1S/C21H23FN2O7S/c1-30-21(19(25)26)13-24(20(23)27)11-10-18(21)32(28,29)17-8-6-16(7-9-17)31-12-14-2-4-15(22)5-3-14/h2-9,18H,10-13H2,1H3,(H2,23,27)(H,25,26). The predicted octanol–water partition coefficient (Wildman–Crippen LogP) is 1.80. The van der Waals surface area contributed by atoms with Gasteiger partial charge < -0.3 is 25.2 Å². The third-order valence-electron chi connectivity index (χ3n) is 5.49. The van der Waals surface area contributed by atoms with Crippen molar-refractivity contribution in [2.24, 2.45) is 5.73 Å². The molecule has 0 spiro atoms. The molecule has 0 aliphatic carbocycles. The molecule has 2 aromatic rings. The zero-order valence-corrected chi connectivity index (χ0v) is 18.0. The van der Waals surface area contributed by atoms with E-state index in [2.05, 4.69) is 0 Å². The molecular formula is C21H23FN2O7S. The molecule has 3 N–H and O–H groups in total. The number of methoxy groups -OCH3 is 1. The van der Waals surface area contributed by atoms with Gasteiger partial charge in [0, 0.05) is 13.7 Å². The van der Waals surface area contributed by atoms with Crippen molar-refractivity contribution in [3.8, 4) is 5.75 Å². The number of likely N-dealkylation sites (tertiary alicyclic amines) is 1. The minimum atomic E-state index is -4.15. The van der Waals surface area contributed by atoms with Gasteiger partial charge in [0.1, 0.15) is 23.4 Å². The molecule has 172 valence electrons. The number of carbonyl (C=O) groups excluding carboxylic acids is 1. The Morgan fingerprint density at radius 2 is 1.81 bits per heavy atom. The number of halogens is 1. The summed E-state index contributed by atoms with van der Waals surface area (Å²) in [5.74, 6) is -1.48. The van der Waals surface area contributed by atoms with E-state index < -0.39 is 39.2 Å². The molecule has 1 aliphatic rings. The number of benzene rings is 2. The molecule has 0 saturated carbocycles. The highest BCUT2D eigenvalue weighted by Crippen LogP contribution is 2.35. The van der Waals surface area contributed by atoms with Gasteiger partial charge in [-0.1, -0.05) is 12.1 Å². The lowest BCUT2D eigenvalue weighted by atomic mass is 9.92. The molecule has 2 unspecified atom stereocenters. The molecule has 32 heavy (non-hydrogen) atoms. The first kappa shape index (κ1) is 23.5. The fraction of sp³-hybridized carbons (Fsp3) is 0.333. The summed E-state index contributed by atoms with van der Waals surface area (Å²) < 4.78 is 50.4. The van der Waals surface area contributed by atoms with Gasteiger partial charge in [0.2, 0.25) is 0 Å². The van der Waals surface area contributed by atoms with Gasteiger partial charge >= 0.3 is 12.0 Å². The Morgan fingerprint density at radius 1 is 1.19 bits per heavy atom. The predicted molar refractivity (Wildman–Crippen MR) is 111 cm³/mol. The highest BCUT2D eigenvalue weighted by atomic mass is 32.2. The summed E-state index contributed by atoms with van der Waals surface area (Å²) in [4.78, 5) is 24.5. The number of carboxylic acid groups (broad SMARTS) is 1. The second-order valence-electron chi connectivity index (χ2n) is 7.37. The van der Waals surface area contributed by atoms with E-state index in [0.29, 0.717) is 5.75 Å². The van der Waals surface area contributed by atoms with E-state index in [-0.39, 0.29) is 30.3 Å². The summed E-state index contributed by atoms with van der Waals surface area (Å²) in [5.41, 5.74) is 3.83. The van der Waals surface area contributed by atoms with Crippen molar-refractivity contribution < 1.29 is 37.0 Å². The van der Waals surface area contributed by atoms with Gasteiger partial charge in [-0.15, -0.1) is 0 Å². The molecule has 3 rings (SSSR count). The third kappa shape index (κ3) is 4.53. The Hall–Kier alpha value is -3.18. The van der Waals surface area contributed by atoms with Crippen LogP contribution in [0.5, 0.6) is 5.75 Å². The number of hydrogen-bond donors (Lipinski definition) is 2. The van der Waals surface area contributed by atoms with Crippen molar-refractivity contribution in [2.45, 2.75) is 28.8 Å². The molecular weight excluding hydrogens is 443 g/mol. The first-order valence-corrected chi connectivity index (χ1v) is 11.2. The molecule has 0 aromatic heterocycles. The van der Waals surface area contributed by atoms with Crippen molar-refractivity contribution in [1.82, 2.24) is 4.90 Å². The fourth-order valence-corrected chi connectivity index (χ4v) is 5.72. The SMILES string of the molecule is COC1(C(=O)O)CN(C(N)=O)CCC1S(=O)(=O)c1ccc(OCc2ccc(F)cc2)cc1. The number of primary amides is 1. The van der Waals surface area contributed by atoms with Crippen LogP contribution >= 0.6 is 0 Å². The zero-order valence-electron chi connectivity index (χ0n) is 17.2. The van der Waals surface area contributed by atoms with Crippen LogP contribution in [0.25, 0.3) is 0 Å². The number of rotatable bonds is 7. The molecule has 11 heteroatoms. The van der Waals surface area contributed by atoms with Crippen LogP contribution in [0.2, 0.25) is 0 Å². The van der Waals surface area contributed by atoms with Crippen molar-refractivity contribution >= 4 is 21.8 Å². The monoisotopic (exact) mass is 466 g/mol. The maximum atomic E-state index is 13.3. The molecule has 1 saturated heterocycles. The van der Waals surface area contributed by atoms with Gasteiger partial charge in [0.05, 0.1) is 11.4 Å². The topological polar surface area (TPSA) is 136 Å². The van der Waals surface area contributed by atoms with Gasteiger partial charge in [-0.05, 0) is 48.4 Å². The van der Waals surface area contributed by atoms with Gasteiger partial charge in [-0.2, -0.15) is 0 Å². The van der Waals surface area contributed by atoms with E-state index in [1.54, 1.807) is 12.1 Å². The summed E-state index contributed by atoms with van der Waals surface area (Å²) in [7, 11) is -3.06. The van der Waals surface area contributed by atoms with Crippen LogP contribution in [0.15, 0.2) is 53.4 Å². The van der Waals surface area contributed by atoms with Gasteiger partial charge in [0.25, 0.3) is 0 Å². The number of nitrogens with zero attached hydrogens (tertiary/aromatic N) is 1. The van der Waals surface area contributed by atoms with Gasteiger partial charge in [0.15, 0.2) is 15.4 Å². The number of hydrogen-bond acceptors (Lipinski definition) is 6. The molecule has 0 bridgehead atoms. The van der Waals surface area contributed by atoms with Crippen LogP contribution in [0, 0.1) is 5.82 Å². The summed E-state index contributed by atoms with van der Waals surface area (Å²) in [5, 5.41) is 8.37. The minimum Gasteiger partial charge on any atom is -0.489 e. The van der Waals surface area contributed by atoms with Gasteiger partial charge in [-0.25, -0.2) is 22.4 Å². The number of carbonyl (C=O) groups is 2. The van der Waals surface area contributed by atoms with Crippen molar-refractivity contribution in [2.75, 3.05) is 20.2 Å². The largest absolute Gasteiger partial charge is 0.489 e. The molecule has 2 aromatic carbocycles. The number of sulfone groups is 1. The molecule has 1 aliphatic heterocycles. The fourth-order valence-electron chi connectivity index (χ4n) is 3.69. The number of nitrogens with two attached hydrogens (primary N) is 1. The quantitative estimate of drug-likeness (QED) is 0.635. The lowest BCUT2D eigenvalue weighted by Gasteiger charge is -2.43. The number of urea groups is 1. The van der Waals surface area contributed by atoms with Gasteiger partial charge in [-0.3, -0.25) is 0 Å². The first-order chi connectivity index (χ1) is 15.1. The minimum absolute atomic E-state index is 0.0174. The Bertz CT molecular complexity index is 1090. The third-order valence-corrected chi connectivity index (χ3v) is 7.79. The second-order valence-corrected chi connectivity index (χ2v) is 9.50. The highest BCUT2D eigenvalue weighted by molar-refractivity contribution is 7.92. The van der Waals surface area contributed by atoms with E-state index >= 15 is 0 Å². The van der Waals surface area contributed by atoms with Crippen LogP contribution in [0.1, 0.15) is 12.0 Å². The van der Waals surface area contributed by atoms with E-state index in [4.69, 9.17) is 15.2 Å². The molecule has 2 amide bonds. The number of amides is 2. The van der Waals surface area contributed by atoms with Crippen LogP contribution in [-0.4, -0.2) is 61.5 Å². The normalized spacial score (nSPS) is 21.2. The Labute approximate surface area is 184 Å². The van der Waals surface area contributed by atoms with E-state index in [9.17, 15) is 27.5 Å². The molecule has 1 fully saturated rings. The van der Waals surface area contributed by atoms with E-state index in [0.717, 1.165) is 17.6 Å². The Morgan fingerprint density at radius 3 is 2.34 bits per heavy atom. The maximum absolute atomic E-state index is 13.3. The molecule has 0 radical (unpaired) electrons. The highest BCUT2D eigenvalue weighted by Gasteiger charge is 2.56. The first-order valence-electron chi connectivity index (χ1n) is 9.64. The van der Waals surface area contributed by atoms with Crippen LogP contribution < -0.4 is 10.5 Å². The van der Waals surface area contributed by atoms with Crippen molar-refractivity contribution in [3.63, 3.8) is 0 Å². The summed E-state index contributed by atoms with van der Waals surface area (Å²) in [6.07, 6.45) is -0.159. The second kappa shape index (κ2) is 9.13. The molecule has 2 atom stereocenters. The Balaban J connectivity index is 1.82. The number of ether oxygens (including phenoxy) is 2. The lowest BCUT2D eigenvalue weighted by molar-refractivity contribution is -0.166. The average Bonchev–Trinajstić information content (AvgIpc) is 2.78. The van der Waals surface area contributed by atoms with E-state index in [1.807, 2.05) is 0 Å². The van der Waals surface area contributed by atoms with Crippen molar-refractivity contribution in [3.05, 3.63) is 59.9 Å². The number of piperidine rings is 1. The Kier molecular flexibility index (Phi) is 6.70. The molecule has 9 nitrogen and oxygen atoms in total. The van der Waals surface area contributed by atoms with Crippen LogP contribution in [-0.2, 0) is 26.0 Å². The lowest BCUT2D eigenvalue weighted by Crippen LogP contribution is -2.65.